The predicted molar refractivity (Wildman–Crippen MR) is 131 cm³/mol. The summed E-state index contributed by atoms with van der Waals surface area (Å²) in [7, 11) is 3.14. The highest BCUT2D eigenvalue weighted by atomic mass is 35.5. The fourth-order valence-corrected chi connectivity index (χ4v) is 4.70. The minimum Gasteiger partial charge on any atom is -0.497 e. The van der Waals surface area contributed by atoms with Crippen LogP contribution in [0.4, 0.5) is 5.13 Å². The van der Waals surface area contributed by atoms with Crippen molar-refractivity contribution in [3.05, 3.63) is 64.4 Å². The second kappa shape index (κ2) is 10.9. The van der Waals surface area contributed by atoms with Gasteiger partial charge in [-0.3, -0.25) is 4.79 Å². The summed E-state index contributed by atoms with van der Waals surface area (Å²) in [5.41, 5.74) is 1.68. The first-order valence-corrected chi connectivity index (χ1v) is 12.0. The highest BCUT2D eigenvalue weighted by Crippen LogP contribution is 2.26. The summed E-state index contributed by atoms with van der Waals surface area (Å²) in [5.74, 6) is 2.34. The lowest BCUT2D eigenvalue weighted by atomic mass is 9.97. The maximum atomic E-state index is 12.6. The first kappa shape index (κ1) is 23.3. The molecule has 174 valence electrons. The Hall–Kier alpha value is -2.84. The Kier molecular flexibility index (Phi) is 7.67. The predicted octanol–water partition coefficient (Wildman–Crippen LogP) is 4.45. The maximum absolute atomic E-state index is 12.6. The molecule has 0 aliphatic carbocycles. The first-order chi connectivity index (χ1) is 16.0. The number of methoxy groups -OCH3 is 2. The molecule has 0 radical (unpaired) electrons. The third kappa shape index (κ3) is 6.15. The number of halogens is 1. The quantitative estimate of drug-likeness (QED) is 0.507. The number of aromatic nitrogens is 2. The van der Waals surface area contributed by atoms with E-state index < -0.39 is 0 Å². The van der Waals surface area contributed by atoms with E-state index in [1.165, 1.54) is 11.5 Å². The Morgan fingerprint density at radius 1 is 1.12 bits per heavy atom. The van der Waals surface area contributed by atoms with Gasteiger partial charge >= 0.3 is 0 Å². The van der Waals surface area contributed by atoms with Gasteiger partial charge in [-0.25, -0.2) is 4.98 Å². The zero-order chi connectivity index (χ0) is 23.2. The van der Waals surface area contributed by atoms with E-state index >= 15 is 0 Å². The number of carbonyl (C=O) groups is 1. The molecule has 0 unspecified atom stereocenters. The second-order valence-corrected chi connectivity index (χ2v) is 9.20. The van der Waals surface area contributed by atoms with Crippen LogP contribution in [0, 0.1) is 5.92 Å². The minimum absolute atomic E-state index is 0.120. The van der Waals surface area contributed by atoms with Gasteiger partial charge in [0.2, 0.25) is 5.13 Å². The third-order valence-corrected chi connectivity index (χ3v) is 6.85. The number of hydrogen-bond acceptors (Lipinski definition) is 7. The Balaban J connectivity index is 1.26. The van der Waals surface area contributed by atoms with E-state index in [0.29, 0.717) is 35.9 Å². The molecule has 0 atom stereocenters. The molecular weight excluding hydrogens is 460 g/mol. The molecule has 4 rings (SSSR count). The highest BCUT2D eigenvalue weighted by Gasteiger charge is 2.22. The fourth-order valence-electron chi connectivity index (χ4n) is 3.84. The Bertz CT molecular complexity index is 1060. The van der Waals surface area contributed by atoms with Crippen molar-refractivity contribution in [3.63, 3.8) is 0 Å². The Labute approximate surface area is 202 Å². The molecule has 0 saturated carbocycles. The molecule has 2 heterocycles. The lowest BCUT2D eigenvalue weighted by molar-refractivity contribution is 0.0944. The number of rotatable bonds is 8. The van der Waals surface area contributed by atoms with Crippen molar-refractivity contribution in [3.8, 4) is 11.5 Å². The molecule has 1 aliphatic heterocycles. The summed E-state index contributed by atoms with van der Waals surface area (Å²) < 4.78 is 15.0. The van der Waals surface area contributed by atoms with E-state index in [1.807, 2.05) is 24.3 Å². The maximum Gasteiger partial charge on any atom is 0.251 e. The smallest absolute Gasteiger partial charge is 0.251 e. The average Bonchev–Trinajstić information content (AvgIpc) is 3.32. The van der Waals surface area contributed by atoms with Crippen LogP contribution in [-0.4, -0.2) is 49.1 Å². The molecule has 33 heavy (non-hydrogen) atoms. The molecule has 1 aliphatic rings. The lowest BCUT2D eigenvalue weighted by Crippen LogP contribution is -2.38. The van der Waals surface area contributed by atoms with Crippen molar-refractivity contribution >= 4 is 34.2 Å². The largest absolute Gasteiger partial charge is 0.497 e. The normalized spacial score (nSPS) is 14.2. The van der Waals surface area contributed by atoms with Gasteiger partial charge in [0.05, 0.1) is 14.2 Å². The van der Waals surface area contributed by atoms with Gasteiger partial charge < -0.3 is 19.7 Å². The molecule has 7 nitrogen and oxygen atoms in total. The molecule has 3 aromatic rings. The number of hydrogen-bond donors (Lipinski definition) is 1. The number of amides is 1. The molecule has 1 N–H and O–H groups in total. The number of piperidine rings is 1. The van der Waals surface area contributed by atoms with Crippen molar-refractivity contribution in [1.82, 2.24) is 14.7 Å². The van der Waals surface area contributed by atoms with Crippen molar-refractivity contribution in [2.45, 2.75) is 19.3 Å². The van der Waals surface area contributed by atoms with Crippen LogP contribution in [0.5, 0.6) is 11.5 Å². The van der Waals surface area contributed by atoms with Crippen LogP contribution < -0.4 is 19.7 Å². The van der Waals surface area contributed by atoms with Gasteiger partial charge in [0.15, 0.2) is 0 Å². The highest BCUT2D eigenvalue weighted by molar-refractivity contribution is 7.09. The molecule has 1 saturated heterocycles. The second-order valence-electron chi connectivity index (χ2n) is 8.04. The van der Waals surface area contributed by atoms with Crippen molar-refractivity contribution in [2.24, 2.45) is 5.92 Å². The van der Waals surface area contributed by atoms with Crippen molar-refractivity contribution in [1.29, 1.82) is 0 Å². The van der Waals surface area contributed by atoms with Gasteiger partial charge in [-0.15, -0.1) is 0 Å². The van der Waals surface area contributed by atoms with Crippen LogP contribution in [0.15, 0.2) is 42.5 Å². The average molecular weight is 487 g/mol. The third-order valence-electron chi connectivity index (χ3n) is 5.78. The van der Waals surface area contributed by atoms with E-state index in [2.05, 4.69) is 14.6 Å². The summed E-state index contributed by atoms with van der Waals surface area (Å²) >= 11 is 7.41. The van der Waals surface area contributed by atoms with E-state index in [9.17, 15) is 4.79 Å². The van der Waals surface area contributed by atoms with Gasteiger partial charge in [0.1, 0.15) is 17.3 Å². The first-order valence-electron chi connectivity index (χ1n) is 10.9. The van der Waals surface area contributed by atoms with Gasteiger partial charge in [0, 0.05) is 54.2 Å². The van der Waals surface area contributed by atoms with E-state index in [-0.39, 0.29) is 5.91 Å². The number of ether oxygens (including phenoxy) is 2. The van der Waals surface area contributed by atoms with Crippen molar-refractivity contribution in [2.75, 3.05) is 38.8 Å². The summed E-state index contributed by atoms with van der Waals surface area (Å²) in [6.45, 7) is 2.45. The van der Waals surface area contributed by atoms with Crippen LogP contribution in [-0.2, 0) is 6.42 Å². The fraction of sp³-hybridized carbons (Fsp3) is 0.375. The van der Waals surface area contributed by atoms with Gasteiger partial charge in [-0.2, -0.15) is 4.37 Å². The zero-order valence-electron chi connectivity index (χ0n) is 18.7. The number of anilines is 1. The number of nitrogens with zero attached hydrogens (tertiary/aromatic N) is 3. The minimum atomic E-state index is -0.120. The van der Waals surface area contributed by atoms with Gasteiger partial charge in [0.25, 0.3) is 5.91 Å². The van der Waals surface area contributed by atoms with Crippen molar-refractivity contribution < 1.29 is 14.3 Å². The molecule has 1 fully saturated rings. The Morgan fingerprint density at radius 2 is 1.79 bits per heavy atom. The molecule has 0 spiro atoms. The monoisotopic (exact) mass is 486 g/mol. The van der Waals surface area contributed by atoms with Gasteiger partial charge in [-0.05, 0) is 48.6 Å². The SMILES string of the molecule is COc1cc(OC)cc(C(=O)NCC2CCN(c3nc(Cc4ccc(Cl)cc4)ns3)CC2)c1. The topological polar surface area (TPSA) is 76.6 Å². The van der Waals surface area contributed by atoms with E-state index in [0.717, 1.165) is 47.5 Å². The summed E-state index contributed by atoms with van der Waals surface area (Å²) in [5, 5.41) is 4.75. The number of carbonyl (C=O) groups excluding carboxylic acids is 1. The van der Waals surface area contributed by atoms with Crippen LogP contribution in [0.25, 0.3) is 0 Å². The van der Waals surface area contributed by atoms with E-state index in [1.54, 1.807) is 32.4 Å². The van der Waals surface area contributed by atoms with Gasteiger partial charge in [-0.1, -0.05) is 23.7 Å². The van der Waals surface area contributed by atoms with E-state index in [4.69, 9.17) is 26.1 Å². The summed E-state index contributed by atoms with van der Waals surface area (Å²) in [6, 6.07) is 13.0. The summed E-state index contributed by atoms with van der Waals surface area (Å²) in [6.07, 6.45) is 2.69. The molecular formula is C24H27ClN4O3S. The number of nitrogens with one attached hydrogen (secondary N) is 1. The number of benzene rings is 2. The molecule has 0 bridgehead atoms. The lowest BCUT2D eigenvalue weighted by Gasteiger charge is -2.31. The molecule has 1 amide bonds. The van der Waals surface area contributed by atoms with Crippen LogP contribution >= 0.6 is 23.1 Å². The van der Waals surface area contributed by atoms with Crippen LogP contribution in [0.3, 0.4) is 0 Å². The summed E-state index contributed by atoms with van der Waals surface area (Å²) in [4.78, 5) is 19.6. The van der Waals surface area contributed by atoms with Crippen LogP contribution in [0.1, 0.15) is 34.6 Å². The Morgan fingerprint density at radius 3 is 2.42 bits per heavy atom. The molecule has 9 heteroatoms. The standard InChI is InChI=1S/C24H27ClN4O3S/c1-31-20-12-18(13-21(14-20)32-2)23(30)26-15-17-7-9-29(10-8-17)24-27-22(28-33-24)11-16-3-5-19(25)6-4-16/h3-6,12-14,17H,7-11,15H2,1-2H3,(H,26,30). The zero-order valence-corrected chi connectivity index (χ0v) is 20.3. The molecule has 2 aromatic carbocycles. The van der Waals surface area contributed by atoms with Crippen LogP contribution in [0.2, 0.25) is 5.02 Å². The molecule has 1 aromatic heterocycles.